The maximum absolute atomic E-state index is 12.9. The van der Waals surface area contributed by atoms with Gasteiger partial charge in [0.15, 0.2) is 11.7 Å². The van der Waals surface area contributed by atoms with E-state index in [2.05, 4.69) is 22.5 Å². The number of aryl methyl sites for hydroxylation is 1. The number of hydrogen-bond donors (Lipinski definition) is 2. The third-order valence-corrected chi connectivity index (χ3v) is 5.09. The highest BCUT2D eigenvalue weighted by atomic mass is 16.2. The summed E-state index contributed by atoms with van der Waals surface area (Å²) in [4.78, 5) is 30.0. The Morgan fingerprint density at radius 3 is 2.75 bits per heavy atom. The van der Waals surface area contributed by atoms with E-state index >= 15 is 0 Å². The zero-order valence-electron chi connectivity index (χ0n) is 15.9. The van der Waals surface area contributed by atoms with Gasteiger partial charge in [-0.25, -0.2) is 4.98 Å². The van der Waals surface area contributed by atoms with Crippen LogP contribution in [-0.2, 0) is 22.7 Å². The summed E-state index contributed by atoms with van der Waals surface area (Å²) in [6, 6.07) is 15.4. The zero-order chi connectivity index (χ0) is 19.5. The molecule has 0 fully saturated rings. The first kappa shape index (κ1) is 18.4. The minimum Gasteiger partial charge on any atom is -0.326 e. The van der Waals surface area contributed by atoms with E-state index in [0.29, 0.717) is 24.5 Å². The first-order valence-electron chi connectivity index (χ1n) is 9.75. The number of nitrogens with zero attached hydrogens (tertiary/aromatic N) is 2. The molecular weight excluding hydrogens is 352 g/mol. The Morgan fingerprint density at radius 2 is 1.96 bits per heavy atom. The number of benzene rings is 2. The van der Waals surface area contributed by atoms with Crippen LogP contribution in [0.4, 0.5) is 5.69 Å². The van der Waals surface area contributed by atoms with Gasteiger partial charge in [0, 0.05) is 25.2 Å². The van der Waals surface area contributed by atoms with E-state index in [-0.39, 0.29) is 11.7 Å². The molecule has 28 heavy (non-hydrogen) atoms. The van der Waals surface area contributed by atoms with Crippen LogP contribution in [-0.4, -0.2) is 27.8 Å². The van der Waals surface area contributed by atoms with Crippen molar-refractivity contribution in [3.8, 4) is 0 Å². The topological polar surface area (TPSA) is 76.0 Å². The lowest BCUT2D eigenvalue weighted by Crippen LogP contribution is -2.34. The van der Waals surface area contributed by atoms with Crippen molar-refractivity contribution in [3.63, 3.8) is 0 Å². The van der Waals surface area contributed by atoms with Crippen LogP contribution in [0.25, 0.3) is 11.0 Å². The predicted octanol–water partition coefficient (Wildman–Crippen LogP) is 3.23. The van der Waals surface area contributed by atoms with Crippen molar-refractivity contribution < 1.29 is 9.59 Å². The minimum absolute atomic E-state index is 0.0827. The SMILES string of the molecule is CCCNCc1ccc(NC(=O)C2C(=O)CCn3c2nc2ccccc23)cc1. The molecule has 0 bridgehead atoms. The summed E-state index contributed by atoms with van der Waals surface area (Å²) in [6.45, 7) is 4.47. The second-order valence-electron chi connectivity index (χ2n) is 7.12. The minimum atomic E-state index is -0.868. The molecule has 0 saturated carbocycles. The smallest absolute Gasteiger partial charge is 0.242 e. The number of Topliss-reactive ketones (excluding diaryl/α,β-unsaturated/α-hetero) is 1. The highest BCUT2D eigenvalue weighted by Gasteiger charge is 2.36. The van der Waals surface area contributed by atoms with Crippen molar-refractivity contribution in [2.75, 3.05) is 11.9 Å². The second-order valence-corrected chi connectivity index (χ2v) is 7.12. The van der Waals surface area contributed by atoms with Crippen LogP contribution in [0.2, 0.25) is 0 Å². The average Bonchev–Trinajstić information content (AvgIpc) is 3.07. The van der Waals surface area contributed by atoms with Crippen molar-refractivity contribution in [3.05, 3.63) is 59.9 Å². The largest absolute Gasteiger partial charge is 0.326 e. The van der Waals surface area contributed by atoms with Gasteiger partial charge < -0.3 is 15.2 Å². The van der Waals surface area contributed by atoms with Gasteiger partial charge in [0.1, 0.15) is 5.82 Å². The maximum Gasteiger partial charge on any atom is 0.242 e. The lowest BCUT2D eigenvalue weighted by atomic mass is 9.96. The van der Waals surface area contributed by atoms with Crippen LogP contribution in [0.3, 0.4) is 0 Å². The number of fused-ring (bicyclic) bond motifs is 3. The van der Waals surface area contributed by atoms with E-state index in [0.717, 1.165) is 36.1 Å². The summed E-state index contributed by atoms with van der Waals surface area (Å²) >= 11 is 0. The lowest BCUT2D eigenvalue weighted by Gasteiger charge is -2.22. The number of para-hydroxylation sites is 2. The highest BCUT2D eigenvalue weighted by Crippen LogP contribution is 2.29. The Morgan fingerprint density at radius 1 is 1.18 bits per heavy atom. The van der Waals surface area contributed by atoms with Crippen LogP contribution in [0, 0.1) is 0 Å². The second kappa shape index (κ2) is 7.94. The van der Waals surface area contributed by atoms with Gasteiger partial charge in [-0.2, -0.15) is 0 Å². The molecule has 1 aliphatic rings. The molecule has 1 atom stereocenters. The van der Waals surface area contributed by atoms with Crippen molar-refractivity contribution in [1.82, 2.24) is 14.9 Å². The molecule has 3 aromatic rings. The fourth-order valence-corrected chi connectivity index (χ4v) is 3.65. The van der Waals surface area contributed by atoms with Crippen molar-refractivity contribution in [1.29, 1.82) is 0 Å². The molecule has 1 amide bonds. The molecule has 2 heterocycles. The molecule has 1 unspecified atom stereocenters. The Balaban J connectivity index is 1.53. The van der Waals surface area contributed by atoms with E-state index < -0.39 is 5.92 Å². The van der Waals surface area contributed by atoms with E-state index in [1.54, 1.807) is 0 Å². The van der Waals surface area contributed by atoms with E-state index in [4.69, 9.17) is 0 Å². The normalized spacial score (nSPS) is 16.2. The molecule has 1 aliphatic heterocycles. The first-order valence-corrected chi connectivity index (χ1v) is 9.75. The molecule has 2 N–H and O–H groups in total. The van der Waals surface area contributed by atoms with Crippen LogP contribution in [0.1, 0.15) is 37.1 Å². The standard InChI is InChI=1S/C22H24N4O2/c1-2-12-23-14-15-7-9-16(10-8-15)24-22(28)20-19(27)11-13-26-18-6-4-3-5-17(18)25-21(20)26/h3-10,20,23H,2,11-14H2,1H3,(H,24,28). The lowest BCUT2D eigenvalue weighted by molar-refractivity contribution is -0.128. The van der Waals surface area contributed by atoms with Gasteiger partial charge in [-0.15, -0.1) is 0 Å². The van der Waals surface area contributed by atoms with Gasteiger partial charge in [0.25, 0.3) is 0 Å². The average molecular weight is 376 g/mol. The Bertz CT molecular complexity index is 1010. The fraction of sp³-hybridized carbons (Fsp3) is 0.318. The summed E-state index contributed by atoms with van der Waals surface area (Å²) in [5.41, 5.74) is 3.62. The number of aromatic nitrogens is 2. The van der Waals surface area contributed by atoms with Gasteiger partial charge in [-0.3, -0.25) is 9.59 Å². The summed E-state index contributed by atoms with van der Waals surface area (Å²) < 4.78 is 1.99. The monoisotopic (exact) mass is 376 g/mol. The van der Waals surface area contributed by atoms with E-state index in [1.807, 2.05) is 53.1 Å². The van der Waals surface area contributed by atoms with Gasteiger partial charge in [0.05, 0.1) is 11.0 Å². The van der Waals surface area contributed by atoms with Gasteiger partial charge >= 0.3 is 0 Å². The Kier molecular flexibility index (Phi) is 5.21. The molecule has 4 rings (SSSR count). The number of imidazole rings is 1. The predicted molar refractivity (Wildman–Crippen MR) is 109 cm³/mol. The maximum atomic E-state index is 12.9. The van der Waals surface area contributed by atoms with Gasteiger partial charge in [-0.05, 0) is 42.8 Å². The highest BCUT2D eigenvalue weighted by molar-refractivity contribution is 6.12. The molecule has 0 spiro atoms. The van der Waals surface area contributed by atoms with Crippen LogP contribution >= 0.6 is 0 Å². The quantitative estimate of drug-likeness (QED) is 0.512. The molecule has 0 saturated heterocycles. The molecule has 0 aliphatic carbocycles. The number of carbonyl (C=O) groups excluding carboxylic acids is 2. The zero-order valence-corrected chi connectivity index (χ0v) is 15.9. The fourth-order valence-electron chi connectivity index (χ4n) is 3.65. The number of anilines is 1. The van der Waals surface area contributed by atoms with Crippen molar-refractivity contribution in [2.24, 2.45) is 0 Å². The number of rotatable bonds is 6. The molecule has 2 aromatic carbocycles. The number of nitrogens with one attached hydrogen (secondary N) is 2. The number of carbonyl (C=O) groups is 2. The first-order chi connectivity index (χ1) is 13.7. The van der Waals surface area contributed by atoms with Crippen molar-refractivity contribution in [2.45, 2.75) is 38.8 Å². The molecule has 6 heteroatoms. The number of amides is 1. The Labute approximate surface area is 164 Å². The van der Waals surface area contributed by atoms with E-state index in [1.165, 1.54) is 0 Å². The number of ketones is 1. The third kappa shape index (κ3) is 3.55. The molecule has 1 aromatic heterocycles. The van der Waals surface area contributed by atoms with E-state index in [9.17, 15) is 9.59 Å². The molecular formula is C22H24N4O2. The van der Waals surface area contributed by atoms with Crippen LogP contribution in [0.5, 0.6) is 0 Å². The third-order valence-electron chi connectivity index (χ3n) is 5.09. The summed E-state index contributed by atoms with van der Waals surface area (Å²) in [6.07, 6.45) is 1.43. The summed E-state index contributed by atoms with van der Waals surface area (Å²) in [5.74, 6) is -0.735. The summed E-state index contributed by atoms with van der Waals surface area (Å²) in [5, 5.41) is 6.24. The van der Waals surface area contributed by atoms with Crippen molar-refractivity contribution >= 4 is 28.4 Å². The van der Waals surface area contributed by atoms with Gasteiger partial charge in [0.2, 0.25) is 5.91 Å². The molecule has 6 nitrogen and oxygen atoms in total. The molecule has 0 radical (unpaired) electrons. The van der Waals surface area contributed by atoms with Gasteiger partial charge in [-0.1, -0.05) is 31.2 Å². The summed E-state index contributed by atoms with van der Waals surface area (Å²) in [7, 11) is 0. The van der Waals surface area contributed by atoms with Crippen LogP contribution < -0.4 is 10.6 Å². The van der Waals surface area contributed by atoms with Crippen LogP contribution in [0.15, 0.2) is 48.5 Å². The Hall–Kier alpha value is -2.99. The molecule has 144 valence electrons. The number of hydrogen-bond acceptors (Lipinski definition) is 4.